The topological polar surface area (TPSA) is 51.2 Å². The van der Waals surface area contributed by atoms with E-state index in [0.29, 0.717) is 0 Å². The van der Waals surface area contributed by atoms with Gasteiger partial charge in [-0.1, -0.05) is 30.3 Å². The first-order chi connectivity index (χ1) is 8.85. The summed E-state index contributed by atoms with van der Waals surface area (Å²) in [7, 11) is 0. The molecule has 3 N–H and O–H groups in total. The van der Waals surface area contributed by atoms with Crippen molar-refractivity contribution >= 4 is 0 Å². The largest absolute Gasteiger partial charge is 0.472 e. The van der Waals surface area contributed by atoms with Crippen molar-refractivity contribution in [1.82, 2.24) is 5.43 Å². The maximum Gasteiger partial charge on any atom is 0.0935 e. The molecule has 94 valence electrons. The maximum absolute atomic E-state index is 5.77. The molecule has 1 saturated carbocycles. The predicted octanol–water partition coefficient (Wildman–Crippen LogP) is 2.39. The third-order valence-electron chi connectivity index (χ3n) is 4.03. The zero-order chi connectivity index (χ0) is 12.4. The second-order valence-electron chi connectivity index (χ2n) is 5.08. The van der Waals surface area contributed by atoms with Crippen LogP contribution < -0.4 is 11.3 Å². The quantitative estimate of drug-likeness (QED) is 0.625. The average molecular weight is 242 g/mol. The number of nitrogens with one attached hydrogen (secondary N) is 1. The first kappa shape index (κ1) is 11.5. The number of rotatable bonds is 5. The molecule has 3 heteroatoms. The minimum absolute atomic E-state index is 0.202. The Hall–Kier alpha value is -1.58. The Morgan fingerprint density at radius 3 is 2.56 bits per heavy atom. The third-order valence-corrected chi connectivity index (χ3v) is 4.03. The van der Waals surface area contributed by atoms with Crippen molar-refractivity contribution in [2.75, 3.05) is 0 Å². The summed E-state index contributed by atoms with van der Waals surface area (Å²) >= 11 is 0. The summed E-state index contributed by atoms with van der Waals surface area (Å²) in [4.78, 5) is 0. The van der Waals surface area contributed by atoms with Crippen molar-refractivity contribution < 1.29 is 4.42 Å². The van der Waals surface area contributed by atoms with E-state index in [1.54, 1.807) is 12.5 Å². The molecule has 1 aromatic heterocycles. The van der Waals surface area contributed by atoms with Gasteiger partial charge in [0.25, 0.3) is 0 Å². The zero-order valence-electron chi connectivity index (χ0n) is 10.3. The molecule has 1 atom stereocenters. The molecule has 1 aliphatic carbocycles. The molecule has 2 aromatic rings. The van der Waals surface area contributed by atoms with E-state index in [4.69, 9.17) is 10.3 Å². The molecule has 3 rings (SSSR count). The van der Waals surface area contributed by atoms with E-state index < -0.39 is 0 Å². The van der Waals surface area contributed by atoms with Crippen LogP contribution in [0.5, 0.6) is 0 Å². The van der Waals surface area contributed by atoms with Gasteiger partial charge >= 0.3 is 0 Å². The first-order valence-electron chi connectivity index (χ1n) is 6.38. The highest BCUT2D eigenvalue weighted by Crippen LogP contribution is 2.51. The van der Waals surface area contributed by atoms with Gasteiger partial charge in [-0.3, -0.25) is 11.3 Å². The van der Waals surface area contributed by atoms with Crippen molar-refractivity contribution in [3.63, 3.8) is 0 Å². The molecule has 0 saturated heterocycles. The molecule has 0 spiro atoms. The fourth-order valence-electron chi connectivity index (χ4n) is 2.80. The van der Waals surface area contributed by atoms with Gasteiger partial charge in [-0.25, -0.2) is 0 Å². The molecule has 1 unspecified atom stereocenters. The van der Waals surface area contributed by atoms with E-state index in [2.05, 4.69) is 35.8 Å². The molecule has 1 aliphatic rings. The highest BCUT2D eigenvalue weighted by Gasteiger charge is 2.50. The zero-order valence-corrected chi connectivity index (χ0v) is 10.3. The lowest BCUT2D eigenvalue weighted by atomic mass is 9.85. The Kier molecular flexibility index (Phi) is 2.94. The van der Waals surface area contributed by atoms with E-state index in [-0.39, 0.29) is 11.5 Å². The van der Waals surface area contributed by atoms with Crippen LogP contribution in [0.15, 0.2) is 53.3 Å². The van der Waals surface area contributed by atoms with Crippen LogP contribution in [0.25, 0.3) is 0 Å². The van der Waals surface area contributed by atoms with E-state index >= 15 is 0 Å². The monoisotopic (exact) mass is 242 g/mol. The van der Waals surface area contributed by atoms with Crippen molar-refractivity contribution in [2.45, 2.75) is 30.7 Å². The number of hydrazine groups is 1. The van der Waals surface area contributed by atoms with E-state index in [1.165, 1.54) is 24.0 Å². The van der Waals surface area contributed by atoms with Gasteiger partial charge in [0.05, 0.1) is 12.5 Å². The minimum Gasteiger partial charge on any atom is -0.472 e. The standard InChI is InChI=1S/C15H18N2O/c16-17-14(10-12-6-9-18-11-12)15(7-8-15)13-4-2-1-3-5-13/h1-6,9,11,14,17H,7-8,10,16H2. The molecule has 0 bridgehead atoms. The summed E-state index contributed by atoms with van der Waals surface area (Å²) in [6.45, 7) is 0. The van der Waals surface area contributed by atoms with E-state index in [0.717, 1.165) is 6.42 Å². The number of hydrogen-bond donors (Lipinski definition) is 2. The second-order valence-corrected chi connectivity index (χ2v) is 5.08. The third kappa shape index (κ3) is 1.96. The van der Waals surface area contributed by atoms with Gasteiger partial charge < -0.3 is 4.42 Å². The van der Waals surface area contributed by atoms with Crippen LogP contribution in [-0.4, -0.2) is 6.04 Å². The van der Waals surface area contributed by atoms with Crippen LogP contribution in [-0.2, 0) is 11.8 Å². The van der Waals surface area contributed by atoms with Crippen molar-refractivity contribution in [3.8, 4) is 0 Å². The summed E-state index contributed by atoms with van der Waals surface area (Å²) in [5, 5.41) is 0. The van der Waals surface area contributed by atoms with Gasteiger partial charge in [-0.05, 0) is 36.5 Å². The predicted molar refractivity (Wildman–Crippen MR) is 70.9 cm³/mol. The Bertz CT molecular complexity index is 488. The highest BCUT2D eigenvalue weighted by atomic mass is 16.3. The van der Waals surface area contributed by atoms with E-state index in [1.807, 2.05) is 6.07 Å². The lowest BCUT2D eigenvalue weighted by Crippen LogP contribution is -2.45. The number of benzene rings is 1. The lowest BCUT2D eigenvalue weighted by Gasteiger charge is -2.26. The molecule has 1 aromatic carbocycles. The van der Waals surface area contributed by atoms with Crippen LogP contribution in [0.1, 0.15) is 24.0 Å². The first-order valence-corrected chi connectivity index (χ1v) is 6.38. The summed E-state index contributed by atoms with van der Waals surface area (Å²) in [5.41, 5.74) is 5.78. The van der Waals surface area contributed by atoms with Gasteiger partial charge in [0.15, 0.2) is 0 Å². The van der Waals surface area contributed by atoms with Gasteiger partial charge in [0.2, 0.25) is 0 Å². The van der Waals surface area contributed by atoms with Gasteiger partial charge in [0.1, 0.15) is 0 Å². The van der Waals surface area contributed by atoms with Gasteiger partial charge in [0, 0.05) is 11.5 Å². The fraction of sp³-hybridized carbons (Fsp3) is 0.333. The molecular weight excluding hydrogens is 224 g/mol. The molecular formula is C15H18N2O. The van der Waals surface area contributed by atoms with Crippen LogP contribution in [0.4, 0.5) is 0 Å². The van der Waals surface area contributed by atoms with Crippen LogP contribution in [0, 0.1) is 0 Å². The molecule has 0 amide bonds. The fourth-order valence-corrected chi connectivity index (χ4v) is 2.80. The average Bonchev–Trinajstić information content (AvgIpc) is 3.07. The molecule has 1 heterocycles. The van der Waals surface area contributed by atoms with E-state index in [9.17, 15) is 0 Å². The number of furan rings is 1. The molecule has 0 radical (unpaired) electrons. The summed E-state index contributed by atoms with van der Waals surface area (Å²) < 4.78 is 5.13. The Balaban J connectivity index is 1.83. The normalized spacial score (nSPS) is 18.5. The summed E-state index contributed by atoms with van der Waals surface area (Å²) in [5.74, 6) is 5.77. The Labute approximate surface area is 107 Å². The van der Waals surface area contributed by atoms with Crippen molar-refractivity contribution in [2.24, 2.45) is 5.84 Å². The summed E-state index contributed by atoms with van der Waals surface area (Å²) in [6.07, 6.45) is 6.81. The number of hydrogen-bond acceptors (Lipinski definition) is 3. The molecule has 0 aliphatic heterocycles. The van der Waals surface area contributed by atoms with Gasteiger partial charge in [-0.2, -0.15) is 0 Å². The van der Waals surface area contributed by atoms with Gasteiger partial charge in [-0.15, -0.1) is 0 Å². The smallest absolute Gasteiger partial charge is 0.0935 e. The SMILES string of the molecule is NNC(Cc1ccoc1)C1(c2ccccc2)CC1. The molecule has 18 heavy (non-hydrogen) atoms. The maximum atomic E-state index is 5.77. The van der Waals surface area contributed by atoms with Crippen LogP contribution in [0.3, 0.4) is 0 Å². The highest BCUT2D eigenvalue weighted by molar-refractivity contribution is 5.34. The minimum atomic E-state index is 0.202. The summed E-state index contributed by atoms with van der Waals surface area (Å²) in [6, 6.07) is 12.9. The van der Waals surface area contributed by atoms with Crippen LogP contribution in [0.2, 0.25) is 0 Å². The molecule has 1 fully saturated rings. The number of nitrogens with two attached hydrogens (primary N) is 1. The molecule has 3 nitrogen and oxygen atoms in total. The lowest BCUT2D eigenvalue weighted by molar-refractivity contribution is 0.419. The second kappa shape index (κ2) is 4.59. The van der Waals surface area contributed by atoms with Crippen molar-refractivity contribution in [3.05, 3.63) is 60.1 Å². The Morgan fingerprint density at radius 1 is 1.22 bits per heavy atom. The van der Waals surface area contributed by atoms with Crippen LogP contribution >= 0.6 is 0 Å². The Morgan fingerprint density at radius 2 is 2.00 bits per heavy atom. The van der Waals surface area contributed by atoms with Crippen molar-refractivity contribution in [1.29, 1.82) is 0 Å².